The van der Waals surface area contributed by atoms with Crippen LogP contribution in [0.2, 0.25) is 0 Å². The van der Waals surface area contributed by atoms with Gasteiger partial charge in [0.05, 0.1) is 21.1 Å². The van der Waals surface area contributed by atoms with Crippen molar-refractivity contribution in [2.45, 2.75) is 5.85 Å². The standard InChI is InChI=1S/C5H14NO4P/c1-6(2,3)4-5(7)11(8,9)10/h5,7H,4H2,1-3H3,(H-,8,9,10)/t5-/m0/s1. The topological polar surface area (TPSA) is 80.6 Å². The molecular formula is C5H14NO4P. The Bertz CT molecular complexity index is 170. The van der Waals surface area contributed by atoms with Crippen LogP contribution >= 0.6 is 7.60 Å². The molecule has 0 aliphatic rings. The van der Waals surface area contributed by atoms with Crippen LogP contribution in [0.3, 0.4) is 0 Å². The van der Waals surface area contributed by atoms with E-state index in [0.29, 0.717) is 0 Å². The molecule has 0 aromatic rings. The molecule has 0 spiro atoms. The predicted octanol–water partition coefficient (Wildman–Crippen LogP) is -1.44. The lowest BCUT2D eigenvalue weighted by molar-refractivity contribution is -0.872. The summed E-state index contributed by atoms with van der Waals surface area (Å²) in [6, 6.07) is 0. The van der Waals surface area contributed by atoms with Crippen LogP contribution < -0.4 is 4.89 Å². The van der Waals surface area contributed by atoms with E-state index in [9.17, 15) is 9.46 Å². The second kappa shape index (κ2) is 3.21. The Morgan fingerprint density at radius 1 is 1.55 bits per heavy atom. The van der Waals surface area contributed by atoms with Crippen molar-refractivity contribution < 1.29 is 23.9 Å². The monoisotopic (exact) mass is 183 g/mol. The van der Waals surface area contributed by atoms with Gasteiger partial charge in [-0.15, -0.1) is 0 Å². The molecular weight excluding hydrogens is 169 g/mol. The van der Waals surface area contributed by atoms with Crippen LogP contribution in [0.5, 0.6) is 0 Å². The number of rotatable bonds is 3. The first-order valence-electron chi connectivity index (χ1n) is 3.15. The third kappa shape index (κ3) is 5.35. The minimum atomic E-state index is -4.56. The van der Waals surface area contributed by atoms with Crippen molar-refractivity contribution in [2.75, 3.05) is 27.7 Å². The Hall–Kier alpha value is 0.0700. The first-order valence-corrected chi connectivity index (χ1v) is 4.79. The summed E-state index contributed by atoms with van der Waals surface area (Å²) < 4.78 is 10.6. The van der Waals surface area contributed by atoms with Crippen LogP contribution in [0.25, 0.3) is 0 Å². The molecule has 0 amide bonds. The fraction of sp³-hybridized carbons (Fsp3) is 1.00. The summed E-state index contributed by atoms with van der Waals surface area (Å²) in [4.78, 5) is 18.7. The molecule has 68 valence electrons. The summed E-state index contributed by atoms with van der Waals surface area (Å²) in [5, 5.41) is 8.88. The minimum absolute atomic E-state index is 0.0166. The van der Waals surface area contributed by atoms with Crippen molar-refractivity contribution in [3.05, 3.63) is 0 Å². The lowest BCUT2D eigenvalue weighted by atomic mass is 10.5. The Morgan fingerprint density at radius 2 is 1.91 bits per heavy atom. The summed E-state index contributed by atoms with van der Waals surface area (Å²) in [6.45, 7) is -0.0166. The summed E-state index contributed by atoms with van der Waals surface area (Å²) in [5.41, 5.74) is 0. The van der Waals surface area contributed by atoms with E-state index in [-0.39, 0.29) is 11.0 Å². The number of hydrogen-bond acceptors (Lipinski definition) is 3. The molecule has 0 saturated heterocycles. The van der Waals surface area contributed by atoms with Gasteiger partial charge < -0.3 is 23.9 Å². The van der Waals surface area contributed by atoms with E-state index >= 15 is 0 Å². The minimum Gasteiger partial charge on any atom is -0.777 e. The molecule has 2 N–H and O–H groups in total. The molecule has 0 aliphatic heterocycles. The van der Waals surface area contributed by atoms with Gasteiger partial charge in [0.25, 0.3) is 0 Å². The van der Waals surface area contributed by atoms with Crippen LogP contribution in [0.4, 0.5) is 0 Å². The molecule has 0 rings (SSSR count). The second-order valence-corrected chi connectivity index (χ2v) is 5.24. The molecule has 0 aromatic heterocycles. The van der Waals surface area contributed by atoms with Crippen molar-refractivity contribution >= 4 is 7.60 Å². The zero-order valence-corrected chi connectivity index (χ0v) is 7.78. The second-order valence-electron chi connectivity index (χ2n) is 3.52. The molecule has 2 atom stereocenters. The summed E-state index contributed by atoms with van der Waals surface area (Å²) in [5.74, 6) is -1.66. The molecule has 0 aliphatic carbocycles. The Balaban J connectivity index is 4.10. The molecule has 6 heteroatoms. The number of aliphatic hydroxyl groups excluding tert-OH is 1. The van der Waals surface area contributed by atoms with Gasteiger partial charge in [-0.2, -0.15) is 0 Å². The van der Waals surface area contributed by atoms with E-state index in [4.69, 9.17) is 10.00 Å². The highest BCUT2D eigenvalue weighted by molar-refractivity contribution is 7.50. The van der Waals surface area contributed by atoms with Gasteiger partial charge in [0.1, 0.15) is 6.54 Å². The molecule has 11 heavy (non-hydrogen) atoms. The van der Waals surface area contributed by atoms with Crippen molar-refractivity contribution in [1.82, 2.24) is 0 Å². The van der Waals surface area contributed by atoms with Gasteiger partial charge >= 0.3 is 0 Å². The molecule has 0 radical (unpaired) electrons. The third-order valence-electron chi connectivity index (χ3n) is 1.09. The van der Waals surface area contributed by atoms with E-state index in [1.54, 1.807) is 21.1 Å². The fourth-order valence-corrected chi connectivity index (χ4v) is 1.29. The maximum absolute atomic E-state index is 10.3. The van der Waals surface area contributed by atoms with Crippen LogP contribution in [0.1, 0.15) is 0 Å². The van der Waals surface area contributed by atoms with Gasteiger partial charge in [-0.3, -0.25) is 0 Å². The number of quaternary nitrogens is 1. The number of hydrogen-bond donors (Lipinski definition) is 2. The normalized spacial score (nSPS) is 20.9. The van der Waals surface area contributed by atoms with Crippen molar-refractivity contribution in [3.63, 3.8) is 0 Å². The smallest absolute Gasteiger partial charge is 0.166 e. The van der Waals surface area contributed by atoms with Crippen molar-refractivity contribution in [2.24, 2.45) is 0 Å². The fourth-order valence-electron chi connectivity index (χ4n) is 0.593. The van der Waals surface area contributed by atoms with Gasteiger partial charge in [-0.05, 0) is 0 Å². The predicted molar refractivity (Wildman–Crippen MR) is 38.7 cm³/mol. The maximum atomic E-state index is 10.3. The molecule has 0 bridgehead atoms. The van der Waals surface area contributed by atoms with E-state index < -0.39 is 13.4 Å². The van der Waals surface area contributed by atoms with E-state index in [2.05, 4.69) is 0 Å². The van der Waals surface area contributed by atoms with Crippen molar-refractivity contribution in [3.8, 4) is 0 Å². The third-order valence-corrected chi connectivity index (χ3v) is 2.00. The zero-order valence-electron chi connectivity index (χ0n) is 6.89. The first kappa shape index (κ1) is 11.1. The molecule has 0 fully saturated rings. The Labute approximate surface area is 66.0 Å². The van der Waals surface area contributed by atoms with Gasteiger partial charge in [0.15, 0.2) is 13.4 Å². The van der Waals surface area contributed by atoms with Crippen LogP contribution in [-0.2, 0) is 4.57 Å². The highest BCUT2D eigenvalue weighted by atomic mass is 31.2. The SMILES string of the molecule is C[N+](C)(C)C[C@@H](O)P(=O)([O-])O. The zero-order chi connectivity index (χ0) is 9.28. The van der Waals surface area contributed by atoms with E-state index in [0.717, 1.165) is 0 Å². The molecule has 5 nitrogen and oxygen atoms in total. The van der Waals surface area contributed by atoms with Crippen LogP contribution in [0.15, 0.2) is 0 Å². The lowest BCUT2D eigenvalue weighted by Crippen LogP contribution is -2.42. The summed E-state index contributed by atoms with van der Waals surface area (Å²) >= 11 is 0. The number of aliphatic hydroxyl groups is 1. The highest BCUT2D eigenvalue weighted by Gasteiger charge is 2.23. The van der Waals surface area contributed by atoms with Crippen molar-refractivity contribution in [1.29, 1.82) is 0 Å². The number of nitrogens with zero attached hydrogens (tertiary/aromatic N) is 1. The number of likely N-dealkylation sites (N-methyl/N-ethyl adjacent to an activating group) is 1. The molecule has 0 saturated carbocycles. The average Bonchev–Trinajstić information content (AvgIpc) is 1.56. The summed E-state index contributed by atoms with van der Waals surface area (Å²) in [6.07, 6.45) is 0. The largest absolute Gasteiger partial charge is 0.777 e. The lowest BCUT2D eigenvalue weighted by Gasteiger charge is -2.30. The summed E-state index contributed by atoms with van der Waals surface area (Å²) in [7, 11) is 0.600. The quantitative estimate of drug-likeness (QED) is 0.414. The average molecular weight is 183 g/mol. The maximum Gasteiger partial charge on any atom is 0.166 e. The first-order chi connectivity index (χ1) is 4.63. The van der Waals surface area contributed by atoms with Gasteiger partial charge in [-0.1, -0.05) is 0 Å². The molecule has 0 aromatic carbocycles. The van der Waals surface area contributed by atoms with Gasteiger partial charge in [0.2, 0.25) is 0 Å². The molecule has 0 heterocycles. The van der Waals surface area contributed by atoms with E-state index in [1.165, 1.54) is 0 Å². The molecule has 1 unspecified atom stereocenters. The highest BCUT2D eigenvalue weighted by Crippen LogP contribution is 2.34. The van der Waals surface area contributed by atoms with Crippen LogP contribution in [-0.4, -0.2) is 48.0 Å². The van der Waals surface area contributed by atoms with E-state index in [1.807, 2.05) is 0 Å². The van der Waals surface area contributed by atoms with Gasteiger partial charge in [0, 0.05) is 0 Å². The Kier molecular flexibility index (Phi) is 3.23. The Morgan fingerprint density at radius 3 is 2.00 bits per heavy atom. The van der Waals surface area contributed by atoms with Gasteiger partial charge in [-0.25, -0.2) is 0 Å². The van der Waals surface area contributed by atoms with Crippen LogP contribution in [0, 0.1) is 0 Å².